The van der Waals surface area contributed by atoms with Gasteiger partial charge in [0, 0.05) is 0 Å². The lowest BCUT2D eigenvalue weighted by Gasteiger charge is -2.31. The smallest absolute Gasteiger partial charge is 0.237 e. The van der Waals surface area contributed by atoms with Crippen LogP contribution in [0.3, 0.4) is 0 Å². The molecule has 2 aromatic carbocycles. The number of hydrogen-bond donors (Lipinski definition) is 4. The van der Waals surface area contributed by atoms with Crippen molar-refractivity contribution >= 4 is 5.91 Å². The third-order valence-corrected chi connectivity index (χ3v) is 5.84. The van der Waals surface area contributed by atoms with Gasteiger partial charge in [0.05, 0.1) is 18.7 Å². The number of hydrogen-bond acceptors (Lipinski definition) is 4. The van der Waals surface area contributed by atoms with Gasteiger partial charge in [-0.2, -0.15) is 0 Å². The molecule has 1 amide bonds. The molecule has 5 nitrogen and oxygen atoms in total. The fourth-order valence-electron chi connectivity index (χ4n) is 3.97. The van der Waals surface area contributed by atoms with Crippen molar-refractivity contribution in [1.29, 1.82) is 0 Å². The van der Waals surface area contributed by atoms with Gasteiger partial charge in [0.1, 0.15) is 6.10 Å². The van der Waals surface area contributed by atoms with Gasteiger partial charge in [-0.25, -0.2) is 0 Å². The van der Waals surface area contributed by atoms with Gasteiger partial charge in [-0.15, -0.1) is 0 Å². The Morgan fingerprint density at radius 2 is 1.90 bits per heavy atom. The Kier molecular flexibility index (Phi) is 7.81. The summed E-state index contributed by atoms with van der Waals surface area (Å²) in [4.78, 5) is 12.8. The third kappa shape index (κ3) is 6.13. The minimum atomic E-state index is -0.939. The van der Waals surface area contributed by atoms with Gasteiger partial charge in [-0.1, -0.05) is 60.2 Å². The van der Waals surface area contributed by atoms with Gasteiger partial charge in [0.2, 0.25) is 5.91 Å². The average Bonchev–Trinajstić information content (AvgIpc) is 2.77. The zero-order chi connectivity index (χ0) is 20.6. The van der Waals surface area contributed by atoms with Gasteiger partial charge in [-0.3, -0.25) is 4.79 Å². The zero-order valence-corrected chi connectivity index (χ0v) is 17.1. The van der Waals surface area contributed by atoms with E-state index in [0.29, 0.717) is 11.5 Å². The van der Waals surface area contributed by atoms with E-state index in [2.05, 4.69) is 41.8 Å². The SMILES string of the molecule is Cc1ccc(CC[C@@H]2CCN[C@H](C(=O)N[C@@H](CO)[C@H](O)c3ccccc3)C2)cc1. The predicted molar refractivity (Wildman–Crippen MR) is 114 cm³/mol. The summed E-state index contributed by atoms with van der Waals surface area (Å²) in [5.41, 5.74) is 3.28. The first-order chi connectivity index (χ1) is 14.1. The van der Waals surface area contributed by atoms with E-state index in [0.717, 1.165) is 32.2 Å². The van der Waals surface area contributed by atoms with E-state index in [4.69, 9.17) is 0 Å². The van der Waals surface area contributed by atoms with Crippen molar-refractivity contribution in [3.05, 3.63) is 71.3 Å². The second-order valence-electron chi connectivity index (χ2n) is 8.07. The van der Waals surface area contributed by atoms with E-state index in [9.17, 15) is 15.0 Å². The average molecular weight is 397 g/mol. The van der Waals surface area contributed by atoms with Crippen LogP contribution in [0.5, 0.6) is 0 Å². The molecule has 0 bridgehead atoms. The van der Waals surface area contributed by atoms with Crippen LogP contribution in [-0.4, -0.2) is 41.4 Å². The molecule has 5 heteroatoms. The predicted octanol–water partition coefficient (Wildman–Crippen LogP) is 2.51. The van der Waals surface area contributed by atoms with Crippen LogP contribution in [0.4, 0.5) is 0 Å². The molecule has 156 valence electrons. The number of amides is 1. The molecule has 1 aliphatic heterocycles. The lowest BCUT2D eigenvalue weighted by Crippen LogP contribution is -2.53. The fourth-order valence-corrected chi connectivity index (χ4v) is 3.97. The molecule has 0 spiro atoms. The maximum absolute atomic E-state index is 12.8. The van der Waals surface area contributed by atoms with Crippen molar-refractivity contribution in [3.8, 4) is 0 Å². The molecule has 29 heavy (non-hydrogen) atoms. The molecule has 0 aromatic heterocycles. The Morgan fingerprint density at radius 3 is 2.59 bits per heavy atom. The molecule has 4 atom stereocenters. The summed E-state index contributed by atoms with van der Waals surface area (Å²) in [6.45, 7) is 2.58. The van der Waals surface area contributed by atoms with Crippen LogP contribution in [0, 0.1) is 12.8 Å². The van der Waals surface area contributed by atoms with Gasteiger partial charge in [0.25, 0.3) is 0 Å². The van der Waals surface area contributed by atoms with Crippen LogP contribution < -0.4 is 10.6 Å². The highest BCUT2D eigenvalue weighted by Gasteiger charge is 2.30. The number of benzene rings is 2. The van der Waals surface area contributed by atoms with Gasteiger partial charge in [-0.05, 0) is 56.2 Å². The molecular formula is C24H32N2O3. The number of aliphatic hydroxyl groups is 2. The standard InChI is InChI=1S/C24H32N2O3/c1-17-7-9-18(10-8-17)11-12-19-13-14-25-21(15-19)24(29)26-22(16-27)23(28)20-5-3-2-4-6-20/h2-10,19,21-23,25,27-28H,11-16H2,1H3,(H,26,29)/t19-,21+,22+,23-/m1/s1. The molecule has 2 aromatic rings. The number of rotatable bonds is 8. The van der Waals surface area contributed by atoms with E-state index in [-0.39, 0.29) is 18.6 Å². The highest BCUT2D eigenvalue weighted by molar-refractivity contribution is 5.82. The monoisotopic (exact) mass is 396 g/mol. The van der Waals surface area contributed by atoms with Crippen molar-refractivity contribution in [3.63, 3.8) is 0 Å². The Labute approximate surface area is 173 Å². The first-order valence-electron chi connectivity index (χ1n) is 10.5. The van der Waals surface area contributed by atoms with Crippen molar-refractivity contribution < 1.29 is 15.0 Å². The quantitative estimate of drug-likeness (QED) is 0.553. The first kappa shape index (κ1) is 21.5. The van der Waals surface area contributed by atoms with E-state index in [1.54, 1.807) is 12.1 Å². The lowest BCUT2D eigenvalue weighted by atomic mass is 9.87. The minimum absolute atomic E-state index is 0.154. The van der Waals surface area contributed by atoms with Crippen molar-refractivity contribution in [2.75, 3.05) is 13.2 Å². The molecule has 0 unspecified atom stereocenters. The largest absolute Gasteiger partial charge is 0.394 e. The van der Waals surface area contributed by atoms with Crippen LogP contribution in [0.2, 0.25) is 0 Å². The Morgan fingerprint density at radius 1 is 1.17 bits per heavy atom. The van der Waals surface area contributed by atoms with Crippen LogP contribution in [0.15, 0.2) is 54.6 Å². The van der Waals surface area contributed by atoms with Crippen molar-refractivity contribution in [2.45, 2.75) is 50.8 Å². The topological polar surface area (TPSA) is 81.6 Å². The van der Waals surface area contributed by atoms with Crippen LogP contribution in [0.1, 0.15) is 42.1 Å². The highest BCUT2D eigenvalue weighted by Crippen LogP contribution is 2.23. The maximum atomic E-state index is 12.8. The molecule has 1 heterocycles. The summed E-state index contributed by atoms with van der Waals surface area (Å²) in [7, 11) is 0. The van der Waals surface area contributed by atoms with Crippen LogP contribution >= 0.6 is 0 Å². The second-order valence-corrected chi connectivity index (χ2v) is 8.07. The highest BCUT2D eigenvalue weighted by atomic mass is 16.3. The molecular weight excluding hydrogens is 364 g/mol. The molecule has 0 saturated carbocycles. The molecule has 1 aliphatic rings. The Balaban J connectivity index is 1.52. The third-order valence-electron chi connectivity index (χ3n) is 5.84. The zero-order valence-electron chi connectivity index (χ0n) is 17.1. The number of piperidine rings is 1. The second kappa shape index (κ2) is 10.5. The fraction of sp³-hybridized carbons (Fsp3) is 0.458. The van der Waals surface area contributed by atoms with Crippen molar-refractivity contribution in [2.24, 2.45) is 5.92 Å². The molecule has 1 saturated heterocycles. The van der Waals surface area contributed by atoms with Crippen molar-refractivity contribution in [1.82, 2.24) is 10.6 Å². The first-order valence-corrected chi connectivity index (χ1v) is 10.5. The number of nitrogens with one attached hydrogen (secondary N) is 2. The minimum Gasteiger partial charge on any atom is -0.394 e. The summed E-state index contributed by atoms with van der Waals surface area (Å²) in [5.74, 6) is 0.332. The maximum Gasteiger partial charge on any atom is 0.237 e. The van der Waals surface area contributed by atoms with Crippen LogP contribution in [-0.2, 0) is 11.2 Å². The molecule has 0 radical (unpaired) electrons. The van der Waals surface area contributed by atoms with E-state index in [1.807, 2.05) is 18.2 Å². The van der Waals surface area contributed by atoms with E-state index >= 15 is 0 Å². The van der Waals surface area contributed by atoms with Gasteiger partial charge in [0.15, 0.2) is 0 Å². The molecule has 3 rings (SSSR count). The lowest BCUT2D eigenvalue weighted by molar-refractivity contribution is -0.126. The number of carbonyl (C=O) groups is 1. The van der Waals surface area contributed by atoms with Gasteiger partial charge >= 0.3 is 0 Å². The summed E-state index contributed by atoms with van der Waals surface area (Å²) in [6, 6.07) is 16.7. The summed E-state index contributed by atoms with van der Waals surface area (Å²) in [6.07, 6.45) is 2.98. The Hall–Kier alpha value is -2.21. The number of aliphatic hydroxyl groups excluding tert-OH is 2. The van der Waals surface area contributed by atoms with E-state index in [1.165, 1.54) is 11.1 Å². The Bertz CT molecular complexity index is 763. The molecule has 1 fully saturated rings. The molecule has 4 N–H and O–H groups in total. The summed E-state index contributed by atoms with van der Waals surface area (Å²) < 4.78 is 0. The van der Waals surface area contributed by atoms with Gasteiger partial charge < -0.3 is 20.8 Å². The number of aryl methyl sites for hydroxylation is 2. The van der Waals surface area contributed by atoms with E-state index < -0.39 is 12.1 Å². The van der Waals surface area contributed by atoms with Crippen LogP contribution in [0.25, 0.3) is 0 Å². The summed E-state index contributed by atoms with van der Waals surface area (Å²) in [5, 5.41) is 26.3. The molecule has 0 aliphatic carbocycles. The number of carbonyl (C=O) groups excluding carboxylic acids is 1. The summed E-state index contributed by atoms with van der Waals surface area (Å²) >= 11 is 0. The normalized spacial score (nSPS) is 21.3.